The van der Waals surface area contributed by atoms with Gasteiger partial charge in [0.15, 0.2) is 0 Å². The number of benzene rings is 2. The molecule has 0 saturated heterocycles. The molecular formula is C16H16ClFN2O. The number of halogens is 2. The van der Waals surface area contributed by atoms with Crippen molar-refractivity contribution < 1.29 is 9.13 Å². The molecule has 0 bridgehead atoms. The zero-order valence-corrected chi connectivity index (χ0v) is 12.6. The second-order valence-electron chi connectivity index (χ2n) is 4.65. The Hall–Kier alpha value is -2.07. The van der Waals surface area contributed by atoms with Gasteiger partial charge in [-0.2, -0.15) is 5.10 Å². The van der Waals surface area contributed by atoms with Gasteiger partial charge in [0.2, 0.25) is 0 Å². The first-order valence-corrected chi connectivity index (χ1v) is 6.81. The van der Waals surface area contributed by atoms with Crippen LogP contribution >= 0.6 is 11.6 Å². The summed E-state index contributed by atoms with van der Waals surface area (Å²) >= 11 is 5.96. The molecule has 0 atom stereocenters. The van der Waals surface area contributed by atoms with Crippen LogP contribution in [0, 0.1) is 5.82 Å². The molecule has 0 aliphatic rings. The summed E-state index contributed by atoms with van der Waals surface area (Å²) < 4.78 is 19.3. The smallest absolute Gasteiger partial charge is 0.131 e. The third kappa shape index (κ3) is 4.46. The molecule has 0 heterocycles. The van der Waals surface area contributed by atoms with E-state index >= 15 is 0 Å². The molecule has 0 aliphatic carbocycles. The number of hydrogen-bond donors (Lipinski definition) is 0. The maximum Gasteiger partial charge on any atom is 0.131 e. The summed E-state index contributed by atoms with van der Waals surface area (Å²) in [7, 11) is 3.69. The first-order valence-electron chi connectivity index (χ1n) is 6.43. The summed E-state index contributed by atoms with van der Waals surface area (Å²) in [6, 6.07) is 12.0. The van der Waals surface area contributed by atoms with Crippen molar-refractivity contribution in [2.75, 3.05) is 14.1 Å². The third-order valence-corrected chi connectivity index (χ3v) is 3.09. The summed E-state index contributed by atoms with van der Waals surface area (Å²) in [5.41, 5.74) is 1.26. The lowest BCUT2D eigenvalue weighted by Crippen LogP contribution is -2.02. The second kappa shape index (κ2) is 7.09. The SMILES string of the molecule is CN(C)/N=C/c1cccc(OCc2c(F)cccc2Cl)c1. The van der Waals surface area contributed by atoms with Crippen molar-refractivity contribution in [3.05, 3.63) is 64.4 Å². The summed E-state index contributed by atoms with van der Waals surface area (Å²) in [5, 5.41) is 6.22. The molecule has 2 rings (SSSR count). The fourth-order valence-corrected chi connectivity index (χ4v) is 1.91. The van der Waals surface area contributed by atoms with Gasteiger partial charge in [-0.05, 0) is 29.8 Å². The van der Waals surface area contributed by atoms with E-state index in [0.717, 1.165) is 5.56 Å². The highest BCUT2D eigenvalue weighted by Crippen LogP contribution is 2.21. The number of ether oxygens (including phenoxy) is 1. The van der Waals surface area contributed by atoms with Crippen molar-refractivity contribution in [3.63, 3.8) is 0 Å². The molecule has 0 saturated carbocycles. The van der Waals surface area contributed by atoms with Crippen LogP contribution in [0.3, 0.4) is 0 Å². The van der Waals surface area contributed by atoms with Crippen LogP contribution in [-0.2, 0) is 6.61 Å². The monoisotopic (exact) mass is 306 g/mol. The van der Waals surface area contributed by atoms with E-state index in [9.17, 15) is 4.39 Å². The fourth-order valence-electron chi connectivity index (χ4n) is 1.69. The lowest BCUT2D eigenvalue weighted by atomic mass is 10.2. The van der Waals surface area contributed by atoms with Crippen molar-refractivity contribution >= 4 is 17.8 Å². The zero-order chi connectivity index (χ0) is 15.2. The molecule has 0 radical (unpaired) electrons. The van der Waals surface area contributed by atoms with E-state index < -0.39 is 0 Å². The quantitative estimate of drug-likeness (QED) is 0.617. The minimum atomic E-state index is -0.368. The van der Waals surface area contributed by atoms with Gasteiger partial charge in [-0.3, -0.25) is 0 Å². The average molecular weight is 307 g/mol. The zero-order valence-electron chi connectivity index (χ0n) is 11.9. The first-order chi connectivity index (χ1) is 10.1. The summed E-state index contributed by atoms with van der Waals surface area (Å²) in [6.07, 6.45) is 1.73. The van der Waals surface area contributed by atoms with Gasteiger partial charge in [-0.15, -0.1) is 0 Å². The Morgan fingerprint density at radius 2 is 2.00 bits per heavy atom. The van der Waals surface area contributed by atoms with Crippen LogP contribution < -0.4 is 4.74 Å². The molecule has 110 valence electrons. The van der Waals surface area contributed by atoms with Crippen molar-refractivity contribution in [1.82, 2.24) is 5.01 Å². The maximum absolute atomic E-state index is 13.7. The van der Waals surface area contributed by atoms with E-state index in [1.165, 1.54) is 6.07 Å². The Kier molecular flexibility index (Phi) is 5.17. The van der Waals surface area contributed by atoms with E-state index in [1.54, 1.807) is 23.4 Å². The second-order valence-corrected chi connectivity index (χ2v) is 5.06. The standard InChI is InChI=1S/C16H16ClFN2O/c1-20(2)19-10-12-5-3-6-13(9-12)21-11-14-15(17)7-4-8-16(14)18/h3-10H,11H2,1-2H3/b19-10+. The molecule has 2 aromatic rings. The molecule has 3 nitrogen and oxygen atoms in total. The molecule has 0 fully saturated rings. The first kappa shape index (κ1) is 15.3. The van der Waals surface area contributed by atoms with Gasteiger partial charge in [0, 0.05) is 19.7 Å². The molecule has 0 aromatic heterocycles. The number of hydrazone groups is 1. The van der Waals surface area contributed by atoms with Gasteiger partial charge in [0.05, 0.1) is 11.2 Å². The van der Waals surface area contributed by atoms with Crippen LogP contribution in [0.4, 0.5) is 4.39 Å². The van der Waals surface area contributed by atoms with E-state index in [1.807, 2.05) is 38.4 Å². The lowest BCUT2D eigenvalue weighted by Gasteiger charge is -2.09. The Labute approximate surface area is 128 Å². The summed E-state index contributed by atoms with van der Waals surface area (Å²) in [4.78, 5) is 0. The number of hydrogen-bond acceptors (Lipinski definition) is 3. The Morgan fingerprint density at radius 3 is 2.71 bits per heavy atom. The van der Waals surface area contributed by atoms with E-state index in [4.69, 9.17) is 16.3 Å². The summed E-state index contributed by atoms with van der Waals surface area (Å²) in [6.45, 7) is 0.0831. The molecule has 0 amide bonds. The van der Waals surface area contributed by atoms with E-state index in [0.29, 0.717) is 16.3 Å². The van der Waals surface area contributed by atoms with Gasteiger partial charge < -0.3 is 9.75 Å². The van der Waals surface area contributed by atoms with Crippen LogP contribution in [0.1, 0.15) is 11.1 Å². The highest BCUT2D eigenvalue weighted by Gasteiger charge is 2.07. The predicted octanol–water partition coefficient (Wildman–Crippen LogP) is 3.95. The summed E-state index contributed by atoms with van der Waals surface area (Å²) in [5.74, 6) is 0.268. The van der Waals surface area contributed by atoms with Crippen LogP contribution in [0.2, 0.25) is 5.02 Å². The van der Waals surface area contributed by atoms with Gasteiger partial charge >= 0.3 is 0 Å². The van der Waals surface area contributed by atoms with Crippen molar-refractivity contribution in [2.24, 2.45) is 5.10 Å². The topological polar surface area (TPSA) is 24.8 Å². The van der Waals surface area contributed by atoms with E-state index in [-0.39, 0.29) is 12.4 Å². The van der Waals surface area contributed by atoms with Gasteiger partial charge in [-0.1, -0.05) is 29.8 Å². The Bertz CT molecular complexity index is 624. The highest BCUT2D eigenvalue weighted by molar-refractivity contribution is 6.31. The van der Waals surface area contributed by atoms with Crippen molar-refractivity contribution in [1.29, 1.82) is 0 Å². The molecule has 5 heteroatoms. The number of nitrogens with zero attached hydrogens (tertiary/aromatic N) is 2. The number of rotatable bonds is 5. The van der Waals surface area contributed by atoms with Crippen LogP contribution in [0.25, 0.3) is 0 Å². The third-order valence-electron chi connectivity index (χ3n) is 2.74. The average Bonchev–Trinajstić information content (AvgIpc) is 2.45. The molecule has 0 N–H and O–H groups in total. The maximum atomic E-state index is 13.7. The van der Waals surface area contributed by atoms with Crippen molar-refractivity contribution in [3.8, 4) is 5.75 Å². The molecule has 0 spiro atoms. The molecular weight excluding hydrogens is 291 g/mol. The van der Waals surface area contributed by atoms with Crippen LogP contribution in [0.5, 0.6) is 5.75 Å². The lowest BCUT2D eigenvalue weighted by molar-refractivity contribution is 0.300. The molecule has 2 aromatic carbocycles. The van der Waals surface area contributed by atoms with E-state index in [2.05, 4.69) is 5.10 Å². The van der Waals surface area contributed by atoms with Gasteiger partial charge in [0.25, 0.3) is 0 Å². The molecule has 0 unspecified atom stereocenters. The predicted molar refractivity (Wildman–Crippen MR) is 83.5 cm³/mol. The minimum absolute atomic E-state index is 0.0831. The van der Waals surface area contributed by atoms with Crippen molar-refractivity contribution in [2.45, 2.75) is 6.61 Å². The molecule has 21 heavy (non-hydrogen) atoms. The molecule has 0 aliphatic heterocycles. The largest absolute Gasteiger partial charge is 0.489 e. The normalized spacial score (nSPS) is 10.9. The van der Waals surface area contributed by atoms with Crippen LogP contribution in [-0.4, -0.2) is 25.3 Å². The Morgan fingerprint density at radius 1 is 1.24 bits per heavy atom. The Balaban J connectivity index is 2.08. The van der Waals surface area contributed by atoms with Gasteiger partial charge in [0.1, 0.15) is 18.2 Å². The minimum Gasteiger partial charge on any atom is -0.489 e. The van der Waals surface area contributed by atoms with Gasteiger partial charge in [-0.25, -0.2) is 4.39 Å². The van der Waals surface area contributed by atoms with Crippen LogP contribution in [0.15, 0.2) is 47.6 Å². The fraction of sp³-hybridized carbons (Fsp3) is 0.188. The highest BCUT2D eigenvalue weighted by atomic mass is 35.5.